The molecule has 2 aromatic heterocycles. The van der Waals surface area contributed by atoms with Gasteiger partial charge in [0.15, 0.2) is 0 Å². The second-order valence-electron chi connectivity index (χ2n) is 6.34. The van der Waals surface area contributed by atoms with Gasteiger partial charge in [-0.1, -0.05) is 30.3 Å². The molecule has 0 radical (unpaired) electrons. The number of rotatable bonds is 2. The lowest BCUT2D eigenvalue weighted by molar-refractivity contribution is -0.136. The van der Waals surface area contributed by atoms with Crippen LogP contribution >= 0.6 is 0 Å². The van der Waals surface area contributed by atoms with Gasteiger partial charge in [0.05, 0.1) is 27.8 Å². The van der Waals surface area contributed by atoms with Crippen LogP contribution in [0.3, 0.4) is 0 Å². The number of amides is 1. The summed E-state index contributed by atoms with van der Waals surface area (Å²) in [6.07, 6.45) is -3.28. The van der Waals surface area contributed by atoms with Crippen LogP contribution in [0.2, 0.25) is 0 Å². The Labute approximate surface area is 158 Å². The van der Waals surface area contributed by atoms with Crippen molar-refractivity contribution in [2.75, 3.05) is 5.32 Å². The summed E-state index contributed by atoms with van der Waals surface area (Å²) in [5, 5.41) is 3.61. The summed E-state index contributed by atoms with van der Waals surface area (Å²) < 4.78 is 39.8. The van der Waals surface area contributed by atoms with Crippen LogP contribution in [-0.2, 0) is 6.18 Å². The first-order valence-electron chi connectivity index (χ1n) is 8.47. The second kappa shape index (κ2) is 6.60. The zero-order valence-corrected chi connectivity index (χ0v) is 14.7. The van der Waals surface area contributed by atoms with E-state index >= 15 is 0 Å². The molecule has 0 fully saturated rings. The number of anilines is 1. The van der Waals surface area contributed by atoms with E-state index in [1.807, 2.05) is 6.07 Å². The first-order chi connectivity index (χ1) is 13.3. The van der Waals surface area contributed by atoms with Crippen LogP contribution in [0.4, 0.5) is 18.9 Å². The monoisotopic (exact) mass is 381 g/mol. The van der Waals surface area contributed by atoms with Gasteiger partial charge < -0.3 is 5.32 Å². The Bertz CT molecular complexity index is 1220. The molecule has 4 aromatic rings. The molecule has 140 valence electrons. The SMILES string of the molecule is Cc1cc(C(=O)Nc2ccnc3c(C(F)(F)F)cccc23)c2ccccc2n1. The molecule has 0 atom stereocenters. The molecule has 28 heavy (non-hydrogen) atoms. The van der Waals surface area contributed by atoms with Crippen molar-refractivity contribution in [2.45, 2.75) is 13.1 Å². The Morgan fingerprint density at radius 2 is 1.75 bits per heavy atom. The highest BCUT2D eigenvalue weighted by atomic mass is 19.4. The van der Waals surface area contributed by atoms with Crippen LogP contribution in [0.25, 0.3) is 21.8 Å². The van der Waals surface area contributed by atoms with Gasteiger partial charge >= 0.3 is 6.18 Å². The number of hydrogen-bond acceptors (Lipinski definition) is 3. The number of alkyl halides is 3. The fraction of sp³-hybridized carbons (Fsp3) is 0.0952. The molecule has 0 spiro atoms. The quantitative estimate of drug-likeness (QED) is 0.508. The fourth-order valence-electron chi connectivity index (χ4n) is 3.20. The minimum atomic E-state index is -4.53. The minimum Gasteiger partial charge on any atom is -0.321 e. The fourth-order valence-corrected chi connectivity index (χ4v) is 3.20. The van der Waals surface area contributed by atoms with E-state index in [9.17, 15) is 18.0 Å². The van der Waals surface area contributed by atoms with Crippen molar-refractivity contribution in [3.05, 3.63) is 77.6 Å². The molecule has 2 heterocycles. The Balaban J connectivity index is 1.81. The van der Waals surface area contributed by atoms with Crippen molar-refractivity contribution in [3.8, 4) is 0 Å². The van der Waals surface area contributed by atoms with E-state index in [1.54, 1.807) is 31.2 Å². The number of para-hydroxylation sites is 2. The number of pyridine rings is 2. The van der Waals surface area contributed by atoms with Crippen LogP contribution in [0.5, 0.6) is 0 Å². The first kappa shape index (κ1) is 17.9. The van der Waals surface area contributed by atoms with E-state index in [0.717, 1.165) is 6.07 Å². The van der Waals surface area contributed by atoms with E-state index in [0.29, 0.717) is 22.2 Å². The van der Waals surface area contributed by atoms with Crippen LogP contribution in [0, 0.1) is 6.92 Å². The summed E-state index contributed by atoms with van der Waals surface area (Å²) in [5.74, 6) is -0.424. The van der Waals surface area contributed by atoms with Crippen LogP contribution in [-0.4, -0.2) is 15.9 Å². The molecule has 0 saturated heterocycles. The van der Waals surface area contributed by atoms with Crippen molar-refractivity contribution in [1.29, 1.82) is 0 Å². The number of halogens is 3. The van der Waals surface area contributed by atoms with E-state index in [2.05, 4.69) is 15.3 Å². The zero-order chi connectivity index (χ0) is 19.9. The number of nitrogens with zero attached hydrogens (tertiary/aromatic N) is 2. The zero-order valence-electron chi connectivity index (χ0n) is 14.7. The number of aryl methyl sites for hydroxylation is 1. The summed E-state index contributed by atoms with van der Waals surface area (Å²) in [6, 6.07) is 14.1. The Morgan fingerprint density at radius 1 is 1.00 bits per heavy atom. The molecule has 0 aliphatic carbocycles. The van der Waals surface area contributed by atoms with Crippen LogP contribution < -0.4 is 5.32 Å². The van der Waals surface area contributed by atoms with Crippen molar-refractivity contribution >= 4 is 33.4 Å². The number of fused-ring (bicyclic) bond motifs is 2. The molecule has 1 amide bonds. The predicted octanol–water partition coefficient (Wildman–Crippen LogP) is 5.36. The molecular weight excluding hydrogens is 367 g/mol. The molecule has 0 bridgehead atoms. The highest BCUT2D eigenvalue weighted by Crippen LogP contribution is 2.35. The first-order valence-corrected chi connectivity index (χ1v) is 8.47. The minimum absolute atomic E-state index is 0.205. The van der Waals surface area contributed by atoms with Gasteiger partial charge in [-0.2, -0.15) is 13.2 Å². The summed E-state index contributed by atoms with van der Waals surface area (Å²) in [7, 11) is 0. The third-order valence-electron chi connectivity index (χ3n) is 4.41. The van der Waals surface area contributed by atoms with E-state index in [4.69, 9.17) is 0 Å². The van der Waals surface area contributed by atoms with E-state index in [1.165, 1.54) is 24.4 Å². The van der Waals surface area contributed by atoms with Gasteiger partial charge in [0, 0.05) is 22.7 Å². The van der Waals surface area contributed by atoms with Gasteiger partial charge in [0.1, 0.15) is 0 Å². The maximum atomic E-state index is 13.3. The van der Waals surface area contributed by atoms with Gasteiger partial charge in [0.25, 0.3) is 5.91 Å². The summed E-state index contributed by atoms with van der Waals surface area (Å²) in [5.41, 5.74) is 0.962. The molecule has 0 unspecified atom stereocenters. The summed E-state index contributed by atoms with van der Waals surface area (Å²) in [4.78, 5) is 21.2. The number of aromatic nitrogens is 2. The largest absolute Gasteiger partial charge is 0.418 e. The normalized spacial score (nSPS) is 11.7. The van der Waals surface area contributed by atoms with Crippen molar-refractivity contribution in [3.63, 3.8) is 0 Å². The van der Waals surface area contributed by atoms with Gasteiger partial charge in [-0.25, -0.2) is 0 Å². The maximum absolute atomic E-state index is 13.3. The highest BCUT2D eigenvalue weighted by Gasteiger charge is 2.33. The Morgan fingerprint density at radius 3 is 2.54 bits per heavy atom. The van der Waals surface area contributed by atoms with Crippen molar-refractivity contribution in [2.24, 2.45) is 0 Å². The topological polar surface area (TPSA) is 54.9 Å². The lowest BCUT2D eigenvalue weighted by Crippen LogP contribution is -2.14. The molecule has 1 N–H and O–H groups in total. The molecule has 4 rings (SSSR count). The molecular formula is C21H14F3N3O. The number of hydrogen-bond donors (Lipinski definition) is 1. The second-order valence-corrected chi connectivity index (χ2v) is 6.34. The van der Waals surface area contributed by atoms with Crippen LogP contribution in [0.1, 0.15) is 21.6 Å². The van der Waals surface area contributed by atoms with Gasteiger partial charge in [-0.05, 0) is 31.2 Å². The lowest BCUT2D eigenvalue weighted by Gasteiger charge is -2.13. The van der Waals surface area contributed by atoms with Crippen molar-refractivity contribution in [1.82, 2.24) is 9.97 Å². The molecule has 4 nitrogen and oxygen atoms in total. The van der Waals surface area contributed by atoms with Gasteiger partial charge in [-0.3, -0.25) is 14.8 Å². The molecule has 0 aliphatic rings. The Kier molecular flexibility index (Phi) is 4.22. The van der Waals surface area contributed by atoms with Gasteiger partial charge in [-0.15, -0.1) is 0 Å². The third-order valence-corrected chi connectivity index (χ3v) is 4.41. The number of carbonyl (C=O) groups excluding carboxylic acids is 1. The summed E-state index contributed by atoms with van der Waals surface area (Å²) >= 11 is 0. The Hall–Kier alpha value is -3.48. The molecule has 2 aromatic carbocycles. The third kappa shape index (κ3) is 3.15. The average molecular weight is 381 g/mol. The lowest BCUT2D eigenvalue weighted by atomic mass is 10.1. The van der Waals surface area contributed by atoms with Crippen molar-refractivity contribution < 1.29 is 18.0 Å². The van der Waals surface area contributed by atoms with E-state index < -0.39 is 17.6 Å². The number of nitrogens with one attached hydrogen (secondary N) is 1. The van der Waals surface area contributed by atoms with Crippen LogP contribution in [0.15, 0.2) is 60.8 Å². The number of benzene rings is 2. The maximum Gasteiger partial charge on any atom is 0.418 e. The highest BCUT2D eigenvalue weighted by molar-refractivity contribution is 6.14. The van der Waals surface area contributed by atoms with Gasteiger partial charge in [0.2, 0.25) is 0 Å². The van der Waals surface area contributed by atoms with E-state index in [-0.39, 0.29) is 16.6 Å². The molecule has 7 heteroatoms. The number of carbonyl (C=O) groups is 1. The predicted molar refractivity (Wildman–Crippen MR) is 101 cm³/mol. The summed E-state index contributed by atoms with van der Waals surface area (Å²) in [6.45, 7) is 1.78. The smallest absolute Gasteiger partial charge is 0.321 e. The average Bonchev–Trinajstić information content (AvgIpc) is 2.66. The standard InChI is InChI=1S/C21H14F3N3O/c1-12-11-15(13-5-2-3-8-17(13)26-12)20(28)27-18-9-10-25-19-14(18)6-4-7-16(19)21(22,23)24/h2-11H,1H3,(H,25,27,28). The molecule has 0 aliphatic heterocycles. The molecule has 0 saturated carbocycles.